The first-order valence-electron chi connectivity index (χ1n) is 7.53. The van der Waals surface area contributed by atoms with Crippen molar-refractivity contribution < 1.29 is 18.3 Å². The number of hydrogen-bond donors (Lipinski definition) is 0. The lowest BCUT2D eigenvalue weighted by Gasteiger charge is -2.33. The minimum Gasteiger partial charge on any atom is -0.469 e. The van der Waals surface area contributed by atoms with Crippen molar-refractivity contribution in [3.63, 3.8) is 0 Å². The highest BCUT2D eigenvalue weighted by Gasteiger charge is 2.47. The molecule has 7 heteroatoms. The lowest BCUT2D eigenvalue weighted by atomic mass is 9.77. The van der Waals surface area contributed by atoms with Crippen LogP contribution in [-0.2, 0) is 9.53 Å². The summed E-state index contributed by atoms with van der Waals surface area (Å²) in [6.45, 7) is 0. The van der Waals surface area contributed by atoms with E-state index in [1.807, 2.05) is 0 Å². The Morgan fingerprint density at radius 1 is 1.36 bits per heavy atom. The largest absolute Gasteiger partial charge is 0.469 e. The van der Waals surface area contributed by atoms with Crippen LogP contribution >= 0.6 is 27.3 Å². The Morgan fingerprint density at radius 3 is 2.68 bits per heavy atom. The number of ether oxygens (including phenoxy) is 1. The van der Waals surface area contributed by atoms with Gasteiger partial charge in [-0.05, 0) is 28.8 Å². The molecule has 0 aromatic carbocycles. The second-order valence-electron chi connectivity index (χ2n) is 6.19. The summed E-state index contributed by atoms with van der Waals surface area (Å²) in [7, 11) is 1.41. The Bertz CT molecular complexity index is 570. The van der Waals surface area contributed by atoms with Gasteiger partial charge in [-0.25, -0.2) is 13.8 Å². The molecule has 0 amide bonds. The predicted molar refractivity (Wildman–Crippen MR) is 83.5 cm³/mol. The molecule has 0 aliphatic heterocycles. The number of carbonyl (C=O) groups is 1. The number of carbonyl (C=O) groups excluding carboxylic acids is 1. The molecule has 1 aromatic rings. The Labute approximate surface area is 140 Å². The van der Waals surface area contributed by atoms with E-state index < -0.39 is 5.92 Å². The van der Waals surface area contributed by atoms with Gasteiger partial charge < -0.3 is 4.74 Å². The molecule has 0 N–H and O–H groups in total. The van der Waals surface area contributed by atoms with E-state index in [2.05, 4.69) is 20.9 Å². The smallest absolute Gasteiger partial charge is 0.309 e. The van der Waals surface area contributed by atoms with Gasteiger partial charge in [-0.2, -0.15) is 0 Å². The average Bonchev–Trinajstić information content (AvgIpc) is 2.85. The van der Waals surface area contributed by atoms with Crippen LogP contribution < -0.4 is 0 Å². The van der Waals surface area contributed by atoms with Crippen LogP contribution in [0.2, 0.25) is 0 Å². The highest BCUT2D eigenvalue weighted by molar-refractivity contribution is 9.11. The summed E-state index contributed by atoms with van der Waals surface area (Å²) < 4.78 is 31.9. The fourth-order valence-corrected chi connectivity index (χ4v) is 5.30. The van der Waals surface area contributed by atoms with Gasteiger partial charge in [0, 0.05) is 24.7 Å². The summed E-state index contributed by atoms with van der Waals surface area (Å²) in [5, 5.41) is 0.766. The summed E-state index contributed by atoms with van der Waals surface area (Å²) in [4.78, 5) is 16.6. The van der Waals surface area contributed by atoms with Crippen molar-refractivity contribution in [3.05, 3.63) is 14.5 Å². The van der Waals surface area contributed by atoms with E-state index >= 15 is 0 Å². The number of nitrogens with zero attached hydrogens (tertiary/aromatic N) is 1. The summed E-state index contributed by atoms with van der Waals surface area (Å²) in [6, 6.07) is 0. The molecule has 2 fully saturated rings. The maximum absolute atomic E-state index is 13.1. The molecule has 2 aliphatic rings. The molecule has 3 rings (SSSR count). The van der Waals surface area contributed by atoms with Crippen LogP contribution in [0.4, 0.5) is 8.78 Å². The molecule has 0 saturated heterocycles. The van der Waals surface area contributed by atoms with Crippen molar-refractivity contribution in [2.75, 3.05) is 7.11 Å². The topological polar surface area (TPSA) is 39.2 Å². The number of alkyl halides is 2. The molecule has 2 atom stereocenters. The van der Waals surface area contributed by atoms with Crippen molar-refractivity contribution in [1.29, 1.82) is 0 Å². The monoisotopic (exact) mass is 393 g/mol. The van der Waals surface area contributed by atoms with Gasteiger partial charge in [0.2, 0.25) is 5.92 Å². The minimum atomic E-state index is -2.54. The molecule has 122 valence electrons. The van der Waals surface area contributed by atoms with Gasteiger partial charge in [-0.1, -0.05) is 12.8 Å². The van der Waals surface area contributed by atoms with E-state index in [0.717, 1.165) is 40.2 Å². The zero-order chi connectivity index (χ0) is 15.9. The Morgan fingerprint density at radius 2 is 2.05 bits per heavy atom. The summed E-state index contributed by atoms with van der Waals surface area (Å²) >= 11 is 4.95. The number of methoxy groups -OCH3 is 1. The molecule has 2 saturated carbocycles. The molecule has 0 bridgehead atoms. The summed E-state index contributed by atoms with van der Waals surface area (Å²) in [6.07, 6.45) is 3.54. The number of thiazole rings is 1. The van der Waals surface area contributed by atoms with Gasteiger partial charge in [-0.3, -0.25) is 4.79 Å². The number of hydrogen-bond acceptors (Lipinski definition) is 4. The van der Waals surface area contributed by atoms with E-state index in [1.165, 1.54) is 18.4 Å². The first-order chi connectivity index (χ1) is 10.4. The zero-order valence-corrected chi connectivity index (χ0v) is 14.7. The van der Waals surface area contributed by atoms with Crippen molar-refractivity contribution >= 4 is 33.2 Å². The van der Waals surface area contributed by atoms with Crippen molar-refractivity contribution in [1.82, 2.24) is 4.98 Å². The SMILES string of the molecule is COC(=O)C1CCCCC1c1nc(C2CC(F)(F)C2)sc1Br. The molecule has 0 radical (unpaired) electrons. The van der Waals surface area contributed by atoms with E-state index in [4.69, 9.17) is 4.74 Å². The van der Waals surface area contributed by atoms with Crippen LogP contribution in [0.25, 0.3) is 0 Å². The molecule has 3 nitrogen and oxygen atoms in total. The second kappa shape index (κ2) is 6.15. The second-order valence-corrected chi connectivity index (χ2v) is 8.54. The Kier molecular flexibility index (Phi) is 4.56. The standard InChI is InChI=1S/C15H18BrF2NO2S/c1-21-14(20)10-5-3-2-4-9(10)11-12(16)22-13(19-11)8-6-15(17,18)7-8/h8-10H,2-7H2,1H3. The van der Waals surface area contributed by atoms with E-state index in [1.54, 1.807) is 0 Å². The number of esters is 1. The fraction of sp³-hybridized carbons (Fsp3) is 0.733. The van der Waals surface area contributed by atoms with Crippen LogP contribution in [-0.4, -0.2) is 24.0 Å². The van der Waals surface area contributed by atoms with Crippen molar-refractivity contribution in [3.8, 4) is 0 Å². The molecule has 2 unspecified atom stereocenters. The molecule has 2 aliphatic carbocycles. The molecule has 0 spiro atoms. The first-order valence-corrected chi connectivity index (χ1v) is 9.14. The van der Waals surface area contributed by atoms with Crippen LogP contribution in [0.3, 0.4) is 0 Å². The van der Waals surface area contributed by atoms with Gasteiger partial charge in [0.1, 0.15) is 0 Å². The Hall–Kier alpha value is -0.560. The minimum absolute atomic E-state index is 0.0289. The van der Waals surface area contributed by atoms with Gasteiger partial charge >= 0.3 is 5.97 Å². The van der Waals surface area contributed by atoms with Gasteiger partial charge in [0.25, 0.3) is 0 Å². The highest BCUT2D eigenvalue weighted by Crippen LogP contribution is 2.51. The van der Waals surface area contributed by atoms with Gasteiger partial charge in [0.15, 0.2) is 0 Å². The first kappa shape index (κ1) is 16.3. The summed E-state index contributed by atoms with van der Waals surface area (Å²) in [5.41, 5.74) is 0.852. The average molecular weight is 394 g/mol. The third-order valence-electron chi connectivity index (χ3n) is 4.69. The lowest BCUT2D eigenvalue weighted by molar-refractivity contribution is -0.147. The quantitative estimate of drug-likeness (QED) is 0.687. The molecular weight excluding hydrogens is 376 g/mol. The van der Waals surface area contributed by atoms with E-state index in [-0.39, 0.29) is 36.6 Å². The lowest BCUT2D eigenvalue weighted by Crippen LogP contribution is -2.33. The number of halogens is 3. The Balaban J connectivity index is 1.81. The highest BCUT2D eigenvalue weighted by atomic mass is 79.9. The summed E-state index contributed by atoms with van der Waals surface area (Å²) in [5.74, 6) is -3.02. The van der Waals surface area contributed by atoms with Crippen LogP contribution in [0, 0.1) is 5.92 Å². The normalized spacial score (nSPS) is 28.2. The number of rotatable bonds is 3. The number of aromatic nitrogens is 1. The maximum Gasteiger partial charge on any atom is 0.309 e. The van der Waals surface area contributed by atoms with Crippen LogP contribution in [0.15, 0.2) is 3.79 Å². The van der Waals surface area contributed by atoms with Crippen LogP contribution in [0.1, 0.15) is 61.1 Å². The van der Waals surface area contributed by atoms with Crippen LogP contribution in [0.5, 0.6) is 0 Å². The molecule has 1 heterocycles. The third kappa shape index (κ3) is 3.07. The molecule has 1 aromatic heterocycles. The van der Waals surface area contributed by atoms with Crippen molar-refractivity contribution in [2.45, 2.75) is 56.3 Å². The predicted octanol–water partition coefficient (Wildman–Crippen LogP) is 4.87. The zero-order valence-electron chi connectivity index (χ0n) is 12.3. The van der Waals surface area contributed by atoms with Crippen molar-refractivity contribution in [2.24, 2.45) is 5.92 Å². The van der Waals surface area contributed by atoms with E-state index in [9.17, 15) is 13.6 Å². The maximum atomic E-state index is 13.1. The molecule has 22 heavy (non-hydrogen) atoms. The molecular formula is C15H18BrF2NO2S. The van der Waals surface area contributed by atoms with E-state index in [0.29, 0.717) is 0 Å². The van der Waals surface area contributed by atoms with Gasteiger partial charge in [-0.15, -0.1) is 11.3 Å². The fourth-order valence-electron chi connectivity index (χ4n) is 3.46. The third-order valence-corrected chi connectivity index (χ3v) is 6.60. The van der Waals surface area contributed by atoms with Gasteiger partial charge in [0.05, 0.1) is 27.5 Å².